The van der Waals surface area contributed by atoms with Crippen molar-refractivity contribution in [1.29, 1.82) is 0 Å². The molecular weight excluding hydrogens is 458 g/mol. The van der Waals surface area contributed by atoms with E-state index in [1.165, 1.54) is 7.11 Å². The Hall–Kier alpha value is 0.595. The first-order valence-corrected chi connectivity index (χ1v) is 6.25. The molecule has 2 rings (SSSR count). The van der Waals surface area contributed by atoms with Crippen molar-refractivity contribution in [3.63, 3.8) is 0 Å². The van der Waals surface area contributed by atoms with Crippen LogP contribution in [0.5, 0.6) is 0 Å². The van der Waals surface area contributed by atoms with Gasteiger partial charge in [-0.3, -0.25) is 9.59 Å². The first kappa shape index (κ1) is 20.9. The van der Waals surface area contributed by atoms with Crippen molar-refractivity contribution in [3.8, 4) is 0 Å². The second kappa shape index (κ2) is 10.4. The van der Waals surface area contributed by atoms with Crippen molar-refractivity contribution in [1.82, 2.24) is 0 Å². The van der Waals surface area contributed by atoms with Gasteiger partial charge in [0.15, 0.2) is 5.70 Å². The van der Waals surface area contributed by atoms with Crippen LogP contribution < -0.4 is 0 Å². The van der Waals surface area contributed by atoms with Crippen molar-refractivity contribution in [3.05, 3.63) is 0 Å². The zero-order chi connectivity index (χ0) is 13.6. The molecule has 0 aromatic rings. The molecule has 4 atom stereocenters. The number of hydrogen-bond acceptors (Lipinski definition) is 3. The Morgan fingerprint density at radius 3 is 1.56 bits per heavy atom. The van der Waals surface area contributed by atoms with Gasteiger partial charge in [0, 0.05) is 0 Å². The van der Waals surface area contributed by atoms with Crippen molar-refractivity contribution < 1.29 is 19.4 Å². The van der Waals surface area contributed by atoms with Gasteiger partial charge in [-0.25, -0.2) is 0 Å². The van der Waals surface area contributed by atoms with Crippen LogP contribution in [0.1, 0.15) is 12.8 Å². The van der Waals surface area contributed by atoms with Crippen molar-refractivity contribution >= 4 is 79.7 Å². The van der Waals surface area contributed by atoms with Crippen molar-refractivity contribution in [2.24, 2.45) is 11.8 Å². The second-order valence-electron chi connectivity index (χ2n) is 3.87. The molecule has 0 spiro atoms. The van der Waals surface area contributed by atoms with Gasteiger partial charge in [-0.1, -0.05) is 11.6 Å². The van der Waals surface area contributed by atoms with Crippen LogP contribution in [0.25, 0.3) is 0 Å². The summed E-state index contributed by atoms with van der Waals surface area (Å²) in [6.07, 6.45) is 1.46. The van der Waals surface area contributed by atoms with E-state index in [-0.39, 0.29) is 53.4 Å². The lowest BCUT2D eigenvalue weighted by Gasteiger charge is -1.91. The zero-order valence-electron chi connectivity index (χ0n) is 9.91. The first-order chi connectivity index (χ1) is 7.97. The Morgan fingerprint density at radius 1 is 1.17 bits per heavy atom. The summed E-state index contributed by atoms with van der Waals surface area (Å²) in [5, 5.41) is 8.14. The second-order valence-corrected chi connectivity index (χ2v) is 3.87. The van der Waals surface area contributed by atoms with Crippen LogP contribution in [0.15, 0.2) is 0 Å². The van der Waals surface area contributed by atoms with Crippen LogP contribution in [0, 0.1) is 11.8 Å². The highest BCUT2D eigenvalue weighted by molar-refractivity contribution is 14.1. The van der Waals surface area contributed by atoms with Crippen LogP contribution in [0.2, 0.25) is 11.6 Å². The van der Waals surface area contributed by atoms with Crippen molar-refractivity contribution in [2.45, 2.75) is 24.5 Å². The summed E-state index contributed by atoms with van der Waals surface area (Å²) >= 11 is 1.65. The number of esters is 1. The highest BCUT2D eigenvalue weighted by atomic mass is 127. The van der Waals surface area contributed by atoms with Crippen LogP contribution >= 0.6 is 46.4 Å². The van der Waals surface area contributed by atoms with Gasteiger partial charge in [0.1, 0.15) is 0 Å². The molecule has 2 aliphatic carbocycles. The van der Waals surface area contributed by atoms with Gasteiger partial charge in [0.2, 0.25) is 0 Å². The van der Waals surface area contributed by atoms with E-state index >= 15 is 0 Å². The van der Waals surface area contributed by atoms with E-state index in [0.717, 1.165) is 6.42 Å². The Balaban J connectivity index is 0. The molecule has 6 radical (unpaired) electrons. The number of aliphatic carboxylic acids is 1. The number of carboxylic acid groups (broad SMARTS) is 1. The number of halogens is 2. The lowest BCUT2D eigenvalue weighted by atomic mass is 10.0. The van der Waals surface area contributed by atoms with Crippen molar-refractivity contribution in [2.75, 3.05) is 7.11 Å². The van der Waals surface area contributed by atoms with Gasteiger partial charge in [0.25, 0.3) is 0 Å². The number of carbonyl (C=O) groups is 2. The lowest BCUT2D eigenvalue weighted by Crippen LogP contribution is -2.02. The van der Waals surface area contributed by atoms with E-state index in [2.05, 4.69) is 10.4 Å². The Bertz CT molecular complexity index is 281. The summed E-state index contributed by atoms with van der Waals surface area (Å²) in [6, 6.07) is 0. The summed E-state index contributed by atoms with van der Waals surface area (Å²) in [6.45, 7) is 0. The van der Waals surface area contributed by atoms with E-state index in [0.29, 0.717) is 6.42 Å². The maximum atomic E-state index is 10.5. The summed E-state index contributed by atoms with van der Waals surface area (Å²) in [7, 11) is 11.9. The minimum Gasteiger partial charge on any atom is -0.481 e. The fraction of sp³-hybridized carbons (Fsp3) is 0.778. The smallest absolute Gasteiger partial charge is 0.308 e. The Labute approximate surface area is 141 Å². The summed E-state index contributed by atoms with van der Waals surface area (Å²) in [5.74, 6) is -1.15. The first-order valence-electron chi connectivity index (χ1n) is 5.01. The summed E-state index contributed by atoms with van der Waals surface area (Å²) in [5.41, 5.74) is 4.47. The Morgan fingerprint density at radius 2 is 1.50 bits per heavy atom. The van der Waals surface area contributed by atoms with E-state index in [1.54, 1.807) is 22.4 Å². The normalized spacial score (nSPS) is 30.1. The number of carboxylic acids is 1. The van der Waals surface area contributed by atoms with Crippen LogP contribution in [-0.2, 0) is 14.3 Å². The molecule has 1 N–H and O–H groups in total. The molecule has 96 valence electrons. The van der Waals surface area contributed by atoms with Gasteiger partial charge in [0.05, 0.1) is 34.6 Å². The third-order valence-corrected chi connectivity index (χ3v) is 2.50. The topological polar surface area (TPSA) is 63.6 Å². The van der Waals surface area contributed by atoms with Crippen LogP contribution in [0.4, 0.5) is 0 Å². The van der Waals surface area contributed by atoms with E-state index in [4.69, 9.17) is 20.8 Å². The SMILES string of the molecule is I.[B]C1CC1C(=O)O.[B]C1CC1C(=O)OC.[B]I. The molecule has 2 saturated carbocycles. The molecule has 4 unspecified atom stereocenters. The van der Waals surface area contributed by atoms with E-state index < -0.39 is 5.97 Å². The van der Waals surface area contributed by atoms with Crippen LogP contribution in [-0.4, -0.2) is 45.6 Å². The minimum atomic E-state index is -0.757. The minimum absolute atomic E-state index is 0. The third-order valence-electron chi connectivity index (χ3n) is 2.50. The van der Waals surface area contributed by atoms with Gasteiger partial charge in [-0.2, -0.15) is 22.4 Å². The predicted molar refractivity (Wildman–Crippen MR) is 90.1 cm³/mol. The maximum absolute atomic E-state index is 10.5. The molecule has 2 aliphatic rings. The lowest BCUT2D eigenvalue weighted by molar-refractivity contribution is -0.142. The van der Waals surface area contributed by atoms with E-state index in [1.807, 2.05) is 0 Å². The fourth-order valence-corrected chi connectivity index (χ4v) is 1.14. The molecule has 4 nitrogen and oxygen atoms in total. The van der Waals surface area contributed by atoms with Gasteiger partial charge >= 0.3 is 11.9 Å². The number of rotatable bonds is 2. The molecule has 0 bridgehead atoms. The average molecular weight is 471 g/mol. The summed E-state index contributed by atoms with van der Waals surface area (Å²) in [4.78, 5) is 20.4. The van der Waals surface area contributed by atoms with Gasteiger partial charge in [-0.15, -0.1) is 24.0 Å². The van der Waals surface area contributed by atoms with Gasteiger partial charge < -0.3 is 9.84 Å². The largest absolute Gasteiger partial charge is 0.481 e. The molecule has 0 aromatic carbocycles. The molecular formula is C9H13B3I2O4. The Kier molecular flexibility index (Phi) is 12.1. The quantitative estimate of drug-likeness (QED) is 0.375. The number of methoxy groups -OCH3 is 1. The molecule has 9 heteroatoms. The van der Waals surface area contributed by atoms with E-state index in [9.17, 15) is 9.59 Å². The molecule has 0 amide bonds. The zero-order valence-corrected chi connectivity index (χ0v) is 14.4. The average Bonchev–Trinajstić information content (AvgIpc) is 3.20. The van der Waals surface area contributed by atoms with Gasteiger partial charge in [-0.05, 0) is 12.8 Å². The molecule has 18 heavy (non-hydrogen) atoms. The molecule has 0 aromatic heterocycles. The number of carbonyl (C=O) groups excluding carboxylic acids is 1. The number of hydrogen-bond donors (Lipinski definition) is 1. The monoisotopic (exact) mass is 472 g/mol. The fourth-order valence-electron chi connectivity index (χ4n) is 1.14. The summed E-state index contributed by atoms with van der Waals surface area (Å²) < 4.78 is 4.43. The third kappa shape index (κ3) is 7.91. The standard InChI is InChI=1S/C5H7BO2.C4H5BO2.BI.HI/c1-8-5(7)3-2-4(3)6;5-3-1-2(3)4(6)7;1-2;/h3-4H,2H2,1H3;2-3H,1H2,(H,6,7);;1H. The molecule has 0 aliphatic heterocycles. The highest BCUT2D eigenvalue weighted by Gasteiger charge is 2.39. The molecule has 0 heterocycles. The molecule has 2 fully saturated rings. The van der Waals surface area contributed by atoms with Crippen LogP contribution in [0.3, 0.4) is 0 Å². The molecule has 0 saturated heterocycles. The maximum Gasteiger partial charge on any atom is 0.308 e. The highest BCUT2D eigenvalue weighted by Crippen LogP contribution is 2.42. The number of ether oxygens (including phenoxy) is 1. The predicted octanol–water partition coefficient (Wildman–Crippen LogP) is 1.31.